The Balaban J connectivity index is 2.97. The van der Waals surface area contributed by atoms with E-state index in [0.29, 0.717) is 12.0 Å². The molecule has 0 bridgehead atoms. The van der Waals surface area contributed by atoms with Crippen molar-refractivity contribution in [2.24, 2.45) is 5.92 Å². The first-order chi connectivity index (χ1) is 8.93. The van der Waals surface area contributed by atoms with E-state index in [2.05, 4.69) is 57.0 Å². The first-order valence-corrected chi connectivity index (χ1v) is 7.58. The van der Waals surface area contributed by atoms with Crippen LogP contribution in [0.1, 0.15) is 40.2 Å². The maximum Gasteiger partial charge on any atom is 0.0426 e. The molecule has 0 aliphatic heterocycles. The van der Waals surface area contributed by atoms with Crippen LogP contribution in [0.2, 0.25) is 5.02 Å². The van der Waals surface area contributed by atoms with Crippen molar-refractivity contribution < 1.29 is 0 Å². The maximum absolute atomic E-state index is 6.17. The lowest BCUT2D eigenvalue weighted by atomic mass is 10.1. The lowest BCUT2D eigenvalue weighted by Gasteiger charge is -2.28. The second-order valence-electron chi connectivity index (χ2n) is 5.74. The van der Waals surface area contributed by atoms with Gasteiger partial charge in [0.15, 0.2) is 0 Å². The molecule has 1 N–H and O–H groups in total. The van der Waals surface area contributed by atoms with Gasteiger partial charge < -0.3 is 10.2 Å². The largest absolute Gasteiger partial charge is 0.371 e. The van der Waals surface area contributed by atoms with E-state index in [-0.39, 0.29) is 0 Å². The molecule has 19 heavy (non-hydrogen) atoms. The number of nitrogens with zero attached hydrogens (tertiary/aromatic N) is 1. The number of rotatable bonds is 7. The van der Waals surface area contributed by atoms with Crippen LogP contribution in [0, 0.1) is 5.92 Å². The van der Waals surface area contributed by atoms with Crippen molar-refractivity contribution in [3.05, 3.63) is 28.8 Å². The lowest BCUT2D eigenvalue weighted by Crippen LogP contribution is -2.30. The monoisotopic (exact) mass is 282 g/mol. The summed E-state index contributed by atoms with van der Waals surface area (Å²) >= 11 is 6.17. The minimum Gasteiger partial charge on any atom is -0.371 e. The SMILES string of the molecule is CCN(CC(C)C)c1cc(Cl)ccc1CNC(C)C. The fraction of sp³-hybridized carbons (Fsp3) is 0.625. The summed E-state index contributed by atoms with van der Waals surface area (Å²) in [6.45, 7) is 14.0. The fourth-order valence-electron chi connectivity index (χ4n) is 2.13. The smallest absolute Gasteiger partial charge is 0.0426 e. The van der Waals surface area contributed by atoms with E-state index in [9.17, 15) is 0 Å². The van der Waals surface area contributed by atoms with Crippen LogP contribution in [0.5, 0.6) is 0 Å². The molecular weight excluding hydrogens is 256 g/mol. The van der Waals surface area contributed by atoms with Crippen molar-refractivity contribution >= 4 is 17.3 Å². The van der Waals surface area contributed by atoms with Gasteiger partial charge >= 0.3 is 0 Å². The van der Waals surface area contributed by atoms with Crippen LogP contribution in [0.4, 0.5) is 5.69 Å². The van der Waals surface area contributed by atoms with E-state index in [1.807, 2.05) is 6.07 Å². The molecule has 3 heteroatoms. The Morgan fingerprint density at radius 1 is 1.21 bits per heavy atom. The summed E-state index contributed by atoms with van der Waals surface area (Å²) in [6.07, 6.45) is 0. The minimum atomic E-state index is 0.490. The van der Waals surface area contributed by atoms with E-state index in [4.69, 9.17) is 11.6 Å². The third-order valence-electron chi connectivity index (χ3n) is 3.06. The molecule has 0 unspecified atom stereocenters. The van der Waals surface area contributed by atoms with Crippen LogP contribution in [-0.4, -0.2) is 19.1 Å². The number of halogens is 1. The number of anilines is 1. The molecule has 0 aliphatic carbocycles. The van der Waals surface area contributed by atoms with Gasteiger partial charge in [-0.2, -0.15) is 0 Å². The summed E-state index contributed by atoms with van der Waals surface area (Å²) < 4.78 is 0. The number of nitrogens with one attached hydrogen (secondary N) is 1. The van der Waals surface area contributed by atoms with Crippen molar-refractivity contribution in [1.82, 2.24) is 5.32 Å². The zero-order valence-corrected chi connectivity index (χ0v) is 13.6. The summed E-state index contributed by atoms with van der Waals surface area (Å²) in [4.78, 5) is 2.41. The van der Waals surface area contributed by atoms with Gasteiger partial charge in [0.2, 0.25) is 0 Å². The molecule has 0 saturated carbocycles. The van der Waals surface area contributed by atoms with E-state index >= 15 is 0 Å². The predicted molar refractivity (Wildman–Crippen MR) is 86.2 cm³/mol. The summed E-state index contributed by atoms with van der Waals surface area (Å²) in [6, 6.07) is 6.69. The quantitative estimate of drug-likeness (QED) is 0.801. The summed E-state index contributed by atoms with van der Waals surface area (Å²) in [5, 5.41) is 4.29. The van der Waals surface area contributed by atoms with Gasteiger partial charge in [-0.1, -0.05) is 45.4 Å². The molecule has 0 heterocycles. The van der Waals surface area contributed by atoms with Crippen LogP contribution in [0.3, 0.4) is 0 Å². The Morgan fingerprint density at radius 3 is 2.42 bits per heavy atom. The number of benzene rings is 1. The van der Waals surface area contributed by atoms with Gasteiger partial charge in [0.1, 0.15) is 0 Å². The Kier molecular flexibility index (Phi) is 6.67. The second kappa shape index (κ2) is 7.76. The van der Waals surface area contributed by atoms with Crippen LogP contribution in [-0.2, 0) is 6.54 Å². The van der Waals surface area contributed by atoms with Gasteiger partial charge in [-0.3, -0.25) is 0 Å². The summed E-state index contributed by atoms with van der Waals surface area (Å²) in [5.74, 6) is 0.643. The maximum atomic E-state index is 6.17. The molecule has 0 atom stereocenters. The third kappa shape index (κ3) is 5.42. The van der Waals surface area contributed by atoms with Crippen LogP contribution in [0.15, 0.2) is 18.2 Å². The molecule has 0 amide bonds. The van der Waals surface area contributed by atoms with Gasteiger partial charge in [0.05, 0.1) is 0 Å². The normalized spacial score (nSPS) is 11.4. The van der Waals surface area contributed by atoms with Crippen molar-refractivity contribution in [1.29, 1.82) is 0 Å². The highest BCUT2D eigenvalue weighted by molar-refractivity contribution is 6.30. The van der Waals surface area contributed by atoms with Crippen LogP contribution >= 0.6 is 11.6 Å². The zero-order chi connectivity index (χ0) is 14.4. The van der Waals surface area contributed by atoms with Gasteiger partial charge in [-0.05, 0) is 30.5 Å². The predicted octanol–water partition coefficient (Wildman–Crippen LogP) is 4.32. The number of hydrogen-bond donors (Lipinski definition) is 1. The topological polar surface area (TPSA) is 15.3 Å². The first kappa shape index (κ1) is 16.3. The molecule has 0 fully saturated rings. The Hall–Kier alpha value is -0.730. The van der Waals surface area contributed by atoms with Crippen LogP contribution in [0.25, 0.3) is 0 Å². The molecular formula is C16H27ClN2. The van der Waals surface area contributed by atoms with Crippen molar-refractivity contribution in [3.63, 3.8) is 0 Å². The van der Waals surface area contributed by atoms with E-state index in [0.717, 1.165) is 24.7 Å². The zero-order valence-electron chi connectivity index (χ0n) is 12.8. The molecule has 1 aromatic rings. The molecule has 1 aromatic carbocycles. The molecule has 1 rings (SSSR count). The lowest BCUT2D eigenvalue weighted by molar-refractivity contribution is 0.582. The van der Waals surface area contributed by atoms with Crippen molar-refractivity contribution in [3.8, 4) is 0 Å². The molecule has 0 spiro atoms. The molecule has 0 aliphatic rings. The standard InChI is InChI=1S/C16H27ClN2/c1-6-19(11-12(2)3)16-9-15(17)8-7-14(16)10-18-13(4)5/h7-9,12-13,18H,6,10-11H2,1-5H3. The highest BCUT2D eigenvalue weighted by atomic mass is 35.5. The van der Waals surface area contributed by atoms with Crippen LogP contribution < -0.4 is 10.2 Å². The van der Waals surface area contributed by atoms with Crippen molar-refractivity contribution in [2.75, 3.05) is 18.0 Å². The summed E-state index contributed by atoms with van der Waals surface area (Å²) in [7, 11) is 0. The second-order valence-corrected chi connectivity index (χ2v) is 6.18. The van der Waals surface area contributed by atoms with E-state index in [1.165, 1.54) is 11.3 Å². The van der Waals surface area contributed by atoms with Gasteiger partial charge in [0, 0.05) is 36.4 Å². The third-order valence-corrected chi connectivity index (χ3v) is 3.29. The Bertz CT molecular complexity index is 388. The average Bonchev–Trinajstić information content (AvgIpc) is 2.34. The van der Waals surface area contributed by atoms with Gasteiger partial charge in [-0.25, -0.2) is 0 Å². The molecule has 0 aromatic heterocycles. The molecule has 0 radical (unpaired) electrons. The van der Waals surface area contributed by atoms with Crippen molar-refractivity contribution in [2.45, 2.75) is 47.2 Å². The van der Waals surface area contributed by atoms with Gasteiger partial charge in [0.25, 0.3) is 0 Å². The minimum absolute atomic E-state index is 0.490. The fourth-order valence-corrected chi connectivity index (χ4v) is 2.30. The van der Waals surface area contributed by atoms with Gasteiger partial charge in [-0.15, -0.1) is 0 Å². The molecule has 0 saturated heterocycles. The van der Waals surface area contributed by atoms with E-state index in [1.54, 1.807) is 0 Å². The Labute approximate surface area is 123 Å². The Morgan fingerprint density at radius 2 is 1.89 bits per heavy atom. The molecule has 108 valence electrons. The highest BCUT2D eigenvalue weighted by Crippen LogP contribution is 2.25. The average molecular weight is 283 g/mol. The van der Waals surface area contributed by atoms with E-state index < -0.39 is 0 Å². The summed E-state index contributed by atoms with van der Waals surface area (Å²) in [5.41, 5.74) is 2.58. The molecule has 2 nitrogen and oxygen atoms in total. The number of hydrogen-bond acceptors (Lipinski definition) is 2. The first-order valence-electron chi connectivity index (χ1n) is 7.20. The highest BCUT2D eigenvalue weighted by Gasteiger charge is 2.12.